The third-order valence-corrected chi connectivity index (χ3v) is 8.38. The standard InChI is InChI=1S/C40H27FN5O.Pt/c1-26(2)27-18-19-43-40(20-27)46-36-9-5-4-8-34(36)35-17-16-32(24-39(35)46)47-33-22-29(42-3)21-31(23-33)45-25-44(30-14-12-28(41)13-15-30)37-10-6-7-11-38(37)45;/h4-22,25-26H,1-2H3;/q-3;. The molecule has 48 heavy (non-hydrogen) atoms. The van der Waals surface area contributed by atoms with Crippen molar-refractivity contribution in [3.63, 3.8) is 0 Å². The number of hydrogen-bond acceptors (Lipinski definition) is 4. The fourth-order valence-corrected chi connectivity index (χ4v) is 6.08. The van der Waals surface area contributed by atoms with Crippen molar-refractivity contribution < 1.29 is 30.2 Å². The molecule has 0 radical (unpaired) electrons. The molecular weight excluding hydrogens is 781 g/mol. The molecule has 7 aromatic rings. The van der Waals surface area contributed by atoms with Crippen LogP contribution in [0.3, 0.4) is 0 Å². The van der Waals surface area contributed by atoms with Gasteiger partial charge in [-0.05, 0) is 71.5 Å². The predicted molar refractivity (Wildman–Crippen MR) is 185 cm³/mol. The Kier molecular flexibility index (Phi) is 8.21. The summed E-state index contributed by atoms with van der Waals surface area (Å²) >= 11 is 0. The van der Waals surface area contributed by atoms with Crippen LogP contribution in [0.5, 0.6) is 11.5 Å². The average molecular weight is 808 g/mol. The van der Waals surface area contributed by atoms with Gasteiger partial charge in [0.1, 0.15) is 11.6 Å². The van der Waals surface area contributed by atoms with Crippen LogP contribution < -0.4 is 14.5 Å². The Labute approximate surface area is 292 Å². The molecule has 5 aromatic carbocycles. The van der Waals surface area contributed by atoms with Crippen molar-refractivity contribution >= 4 is 50.2 Å². The zero-order valence-electron chi connectivity index (χ0n) is 26.0. The average Bonchev–Trinajstić information content (AvgIpc) is 3.65. The number of ether oxygens (including phenoxy) is 1. The number of rotatable bonds is 6. The van der Waals surface area contributed by atoms with E-state index in [2.05, 4.69) is 53.6 Å². The maximum absolute atomic E-state index is 13.7. The zero-order valence-corrected chi connectivity index (χ0v) is 28.2. The topological polar surface area (TPSA) is 37.9 Å². The van der Waals surface area contributed by atoms with Crippen LogP contribution in [0.25, 0.3) is 32.5 Å². The molecule has 6 nitrogen and oxygen atoms in total. The molecule has 0 saturated heterocycles. The number of pyridine rings is 1. The number of aromatic nitrogens is 2. The van der Waals surface area contributed by atoms with Gasteiger partial charge >= 0.3 is 0 Å². The normalized spacial score (nSPS) is 12.3. The van der Waals surface area contributed by atoms with Gasteiger partial charge in [0.25, 0.3) is 0 Å². The summed E-state index contributed by atoms with van der Waals surface area (Å²) in [5, 5.41) is 2.13. The van der Waals surface area contributed by atoms with E-state index in [1.165, 1.54) is 17.7 Å². The van der Waals surface area contributed by atoms with E-state index in [4.69, 9.17) is 16.3 Å². The van der Waals surface area contributed by atoms with E-state index in [1.807, 2.05) is 77.3 Å². The largest absolute Gasteiger partial charge is 0.510 e. The van der Waals surface area contributed by atoms with E-state index in [0.29, 0.717) is 28.8 Å². The number of para-hydroxylation sites is 3. The number of hydrogen-bond donors (Lipinski definition) is 0. The van der Waals surface area contributed by atoms with Crippen molar-refractivity contribution in [2.45, 2.75) is 19.8 Å². The van der Waals surface area contributed by atoms with Gasteiger partial charge in [-0.25, -0.2) is 9.37 Å². The van der Waals surface area contributed by atoms with Gasteiger partial charge in [0.15, 0.2) is 0 Å². The van der Waals surface area contributed by atoms with E-state index < -0.39 is 0 Å². The SMILES string of the molecule is [C-]#[N+]c1cc(Oc2[c-]c3c(cc2)c2ccccc2n3-c2cc(C(C)C)ccn2)[c-]c(N2[CH-]N(c3ccc(F)cc3)c3ccccc32)c1.[Pt]. The van der Waals surface area contributed by atoms with Gasteiger partial charge in [0, 0.05) is 61.3 Å². The molecule has 238 valence electrons. The molecule has 1 aliphatic rings. The number of nitrogens with zero attached hydrogens (tertiary/aromatic N) is 5. The zero-order chi connectivity index (χ0) is 32.1. The number of fused-ring (bicyclic) bond motifs is 4. The van der Waals surface area contributed by atoms with Crippen molar-refractivity contribution in [2.24, 2.45) is 0 Å². The van der Waals surface area contributed by atoms with Crippen LogP contribution in [0, 0.1) is 31.2 Å². The quantitative estimate of drug-likeness (QED) is 0.157. The first kappa shape index (κ1) is 31.2. The Bertz CT molecular complexity index is 2340. The number of benzene rings is 5. The molecular formula is C40H27FN5OPt-3. The Balaban J connectivity index is 0.00000364. The Morgan fingerprint density at radius 2 is 1.56 bits per heavy atom. The second-order valence-corrected chi connectivity index (χ2v) is 11.7. The van der Waals surface area contributed by atoms with Gasteiger partial charge in [-0.15, -0.1) is 48.1 Å². The summed E-state index contributed by atoms with van der Waals surface area (Å²) in [6.45, 7) is 14.1. The second-order valence-electron chi connectivity index (χ2n) is 11.7. The van der Waals surface area contributed by atoms with Crippen molar-refractivity contribution in [3.8, 4) is 17.3 Å². The molecule has 8 rings (SSSR count). The fraction of sp³-hybridized carbons (Fsp3) is 0.0750. The van der Waals surface area contributed by atoms with Gasteiger partial charge in [-0.3, -0.25) is 4.85 Å². The molecule has 0 aliphatic carbocycles. The molecule has 0 N–H and O–H groups in total. The van der Waals surface area contributed by atoms with Crippen LogP contribution in [0.2, 0.25) is 0 Å². The Morgan fingerprint density at radius 1 is 0.812 bits per heavy atom. The van der Waals surface area contributed by atoms with Gasteiger partial charge in [0.2, 0.25) is 0 Å². The molecule has 0 saturated carbocycles. The van der Waals surface area contributed by atoms with Crippen molar-refractivity contribution in [1.29, 1.82) is 0 Å². The summed E-state index contributed by atoms with van der Waals surface area (Å²) < 4.78 is 22.2. The second kappa shape index (κ2) is 12.6. The van der Waals surface area contributed by atoms with E-state index >= 15 is 0 Å². The molecule has 0 fully saturated rings. The molecule has 0 atom stereocenters. The Morgan fingerprint density at radius 3 is 2.33 bits per heavy atom. The van der Waals surface area contributed by atoms with Crippen LogP contribution in [-0.2, 0) is 21.1 Å². The van der Waals surface area contributed by atoms with E-state index in [1.54, 1.807) is 24.3 Å². The summed E-state index contributed by atoms with van der Waals surface area (Å²) in [5.41, 5.74) is 6.74. The summed E-state index contributed by atoms with van der Waals surface area (Å²) in [7, 11) is 0. The molecule has 0 unspecified atom stereocenters. The summed E-state index contributed by atoms with van der Waals surface area (Å²) in [6, 6.07) is 41.0. The maximum atomic E-state index is 13.7. The molecule has 2 aromatic heterocycles. The first-order valence-electron chi connectivity index (χ1n) is 15.3. The minimum atomic E-state index is -0.298. The minimum Gasteiger partial charge on any atom is -0.510 e. The first-order valence-corrected chi connectivity index (χ1v) is 15.3. The van der Waals surface area contributed by atoms with Crippen LogP contribution in [-0.4, -0.2) is 9.55 Å². The van der Waals surface area contributed by atoms with Gasteiger partial charge in [-0.2, -0.15) is 6.07 Å². The molecule has 0 spiro atoms. The maximum Gasteiger partial charge on any atom is 0.135 e. The van der Waals surface area contributed by atoms with Crippen LogP contribution in [0.4, 0.5) is 32.8 Å². The molecule has 8 heteroatoms. The molecule has 0 bridgehead atoms. The van der Waals surface area contributed by atoms with Crippen LogP contribution in [0.15, 0.2) is 115 Å². The fourth-order valence-electron chi connectivity index (χ4n) is 6.08. The summed E-state index contributed by atoms with van der Waals surface area (Å²) in [4.78, 5) is 12.4. The third-order valence-electron chi connectivity index (χ3n) is 8.38. The van der Waals surface area contributed by atoms with Crippen LogP contribution >= 0.6 is 0 Å². The van der Waals surface area contributed by atoms with E-state index in [9.17, 15) is 4.39 Å². The number of anilines is 4. The number of halogens is 1. The van der Waals surface area contributed by atoms with Gasteiger partial charge in [0.05, 0.1) is 12.3 Å². The smallest absolute Gasteiger partial charge is 0.135 e. The molecule has 3 heterocycles. The van der Waals surface area contributed by atoms with Crippen molar-refractivity contribution in [2.75, 3.05) is 9.80 Å². The van der Waals surface area contributed by atoms with E-state index in [-0.39, 0.29) is 26.9 Å². The van der Waals surface area contributed by atoms with Gasteiger partial charge < -0.3 is 19.1 Å². The summed E-state index contributed by atoms with van der Waals surface area (Å²) in [6.07, 6.45) is 1.85. The van der Waals surface area contributed by atoms with Crippen molar-refractivity contribution in [3.05, 3.63) is 157 Å². The van der Waals surface area contributed by atoms with Gasteiger partial charge in [-0.1, -0.05) is 49.7 Å². The monoisotopic (exact) mass is 807 g/mol. The molecule has 1 aliphatic heterocycles. The van der Waals surface area contributed by atoms with E-state index in [0.717, 1.165) is 44.7 Å². The summed E-state index contributed by atoms with van der Waals surface area (Å²) in [5.74, 6) is 1.75. The molecule has 0 amide bonds. The minimum absolute atomic E-state index is 0. The van der Waals surface area contributed by atoms with Crippen molar-refractivity contribution in [1.82, 2.24) is 9.55 Å². The Hall–Kier alpha value is -5.44. The third kappa shape index (κ3) is 5.49. The van der Waals surface area contributed by atoms with Crippen LogP contribution in [0.1, 0.15) is 25.3 Å². The first-order chi connectivity index (χ1) is 23.0. The predicted octanol–water partition coefficient (Wildman–Crippen LogP) is 10.8.